The van der Waals surface area contributed by atoms with E-state index in [2.05, 4.69) is 15.0 Å². The minimum Gasteiger partial charge on any atom is -0.479 e. The van der Waals surface area contributed by atoms with Crippen LogP contribution in [0, 0.1) is 0 Å². The molecule has 14 nitrogen and oxygen atoms in total. The Morgan fingerprint density at radius 2 is 1.60 bits per heavy atom. The zero-order valence-electron chi connectivity index (χ0n) is 22.3. The average Bonchev–Trinajstić information content (AvgIpc) is 3.40. The van der Waals surface area contributed by atoms with Crippen molar-refractivity contribution in [2.24, 2.45) is 0 Å². The molecular formula is C27H25ClFN5O9. The van der Waals surface area contributed by atoms with E-state index in [1.165, 1.54) is 24.3 Å². The van der Waals surface area contributed by atoms with Crippen LogP contribution in [0.5, 0.6) is 0 Å². The molecule has 0 radical (unpaired) electrons. The number of carboxylic acids is 3. The van der Waals surface area contributed by atoms with Gasteiger partial charge in [0.15, 0.2) is 11.5 Å². The van der Waals surface area contributed by atoms with Gasteiger partial charge in [0.05, 0.1) is 18.5 Å². The summed E-state index contributed by atoms with van der Waals surface area (Å²) in [4.78, 5) is 47.1. The van der Waals surface area contributed by atoms with Crippen molar-refractivity contribution >= 4 is 46.5 Å². The second-order valence-electron chi connectivity index (χ2n) is 9.34. The molecule has 16 heteroatoms. The molecule has 0 amide bonds. The van der Waals surface area contributed by atoms with Gasteiger partial charge in [-0.25, -0.2) is 23.8 Å². The Morgan fingerprint density at radius 1 is 1.02 bits per heavy atom. The maximum absolute atomic E-state index is 15.4. The fourth-order valence-corrected chi connectivity index (χ4v) is 4.46. The summed E-state index contributed by atoms with van der Waals surface area (Å²) in [6.07, 6.45) is -5.47. The van der Waals surface area contributed by atoms with Gasteiger partial charge in [0, 0.05) is 13.5 Å². The highest BCUT2D eigenvalue weighted by Gasteiger charge is 2.49. The van der Waals surface area contributed by atoms with Crippen LogP contribution in [0.4, 0.5) is 10.2 Å². The quantitative estimate of drug-likeness (QED) is 0.108. The lowest BCUT2D eigenvalue weighted by atomic mass is 9.92. The second-order valence-corrected chi connectivity index (χ2v) is 9.68. The molecule has 6 N–H and O–H groups in total. The number of carbonyl (C=O) groups is 3. The number of fused-ring (bicyclic) bond motifs is 1. The molecule has 2 aromatic carbocycles. The number of aromatic nitrogens is 4. The highest BCUT2D eigenvalue weighted by Crippen LogP contribution is 2.28. The molecule has 0 unspecified atom stereocenters. The molecule has 0 bridgehead atoms. The van der Waals surface area contributed by atoms with Crippen LogP contribution in [-0.2, 0) is 25.5 Å². The predicted octanol–water partition coefficient (Wildman–Crippen LogP) is 2.44. The third-order valence-electron chi connectivity index (χ3n) is 6.71. The van der Waals surface area contributed by atoms with Crippen molar-refractivity contribution < 1.29 is 48.7 Å². The Labute approximate surface area is 247 Å². The normalized spacial score (nSPS) is 13.9. The fourth-order valence-electron chi connectivity index (χ4n) is 4.29. The van der Waals surface area contributed by atoms with Crippen LogP contribution in [0.2, 0.25) is 5.28 Å². The van der Waals surface area contributed by atoms with E-state index < -0.39 is 55.0 Å². The number of anilines is 1. The first-order valence-corrected chi connectivity index (χ1v) is 12.8. The number of aliphatic carboxylic acids is 2. The number of hydrogen-bond acceptors (Lipinski definition) is 10. The van der Waals surface area contributed by atoms with Gasteiger partial charge >= 0.3 is 17.9 Å². The van der Waals surface area contributed by atoms with Gasteiger partial charge in [-0.2, -0.15) is 9.97 Å². The molecule has 226 valence electrons. The minimum absolute atomic E-state index is 0.0172. The molecule has 43 heavy (non-hydrogen) atoms. The molecule has 0 aliphatic carbocycles. The molecule has 0 aliphatic rings. The smallest absolute Gasteiger partial charge is 0.348 e. The summed E-state index contributed by atoms with van der Waals surface area (Å²) in [6.45, 7) is -0.838. The van der Waals surface area contributed by atoms with Crippen molar-refractivity contribution in [2.75, 3.05) is 19.5 Å². The lowest BCUT2D eigenvalue weighted by Crippen LogP contribution is -2.53. The van der Waals surface area contributed by atoms with Gasteiger partial charge in [-0.1, -0.05) is 36.4 Å². The van der Waals surface area contributed by atoms with E-state index in [1.807, 2.05) is 0 Å². The zero-order valence-corrected chi connectivity index (χ0v) is 23.1. The Bertz CT molecular complexity index is 1640. The predicted molar refractivity (Wildman–Crippen MR) is 148 cm³/mol. The van der Waals surface area contributed by atoms with E-state index in [1.54, 1.807) is 24.3 Å². The average molecular weight is 618 g/mol. The summed E-state index contributed by atoms with van der Waals surface area (Å²) in [5.74, 6) is -4.88. The molecule has 2 aromatic heterocycles. The van der Waals surface area contributed by atoms with Crippen LogP contribution >= 0.6 is 11.6 Å². The van der Waals surface area contributed by atoms with Crippen LogP contribution in [0.25, 0.3) is 22.3 Å². The molecule has 0 saturated carbocycles. The monoisotopic (exact) mass is 617 g/mol. The maximum atomic E-state index is 15.4. The number of ether oxygens (including phenoxy) is 2. The van der Waals surface area contributed by atoms with E-state index in [-0.39, 0.29) is 33.4 Å². The van der Waals surface area contributed by atoms with E-state index in [0.29, 0.717) is 11.1 Å². The van der Waals surface area contributed by atoms with Gasteiger partial charge < -0.3 is 35.6 Å². The number of aromatic carboxylic acids is 1. The lowest BCUT2D eigenvalue weighted by Gasteiger charge is -2.30. The molecule has 0 fully saturated rings. The third kappa shape index (κ3) is 6.39. The summed E-state index contributed by atoms with van der Waals surface area (Å²) < 4.78 is 26.8. The van der Waals surface area contributed by atoms with Gasteiger partial charge in [-0.15, -0.1) is 0 Å². The summed E-state index contributed by atoms with van der Waals surface area (Å²) in [7, 11) is 1.10. The summed E-state index contributed by atoms with van der Waals surface area (Å²) >= 11 is 5.80. The van der Waals surface area contributed by atoms with Crippen molar-refractivity contribution in [1.82, 2.24) is 19.5 Å². The number of nitrogens with zero attached hydrogens (tertiary/aromatic N) is 4. The lowest BCUT2D eigenvalue weighted by molar-refractivity contribution is -0.192. The SMILES string of the molecule is CO[C@H](COC(Cc1ccc(-c2ccc(C(=O)O)cc2)cc1)(C(=O)O)C(=O)O)[C@@H](O)[C@H](F)n1cnc2c(N)nc(Cl)nc21. The largest absolute Gasteiger partial charge is 0.479 e. The third-order valence-corrected chi connectivity index (χ3v) is 6.88. The van der Waals surface area contributed by atoms with Crippen LogP contribution in [0.15, 0.2) is 54.9 Å². The van der Waals surface area contributed by atoms with Gasteiger partial charge in [0.1, 0.15) is 17.7 Å². The summed E-state index contributed by atoms with van der Waals surface area (Å²) in [6, 6.07) is 12.2. The van der Waals surface area contributed by atoms with Gasteiger partial charge in [-0.05, 0) is 40.4 Å². The van der Waals surface area contributed by atoms with Crippen molar-refractivity contribution in [2.45, 2.75) is 30.5 Å². The number of imidazole rings is 1. The first-order valence-electron chi connectivity index (χ1n) is 12.4. The van der Waals surface area contributed by atoms with Gasteiger partial charge in [0.2, 0.25) is 11.6 Å². The number of nitrogen functional groups attached to an aromatic ring is 1. The van der Waals surface area contributed by atoms with Crippen LogP contribution in [0.1, 0.15) is 22.2 Å². The molecule has 0 spiro atoms. The Hall–Kier alpha value is -4.70. The van der Waals surface area contributed by atoms with Crippen molar-refractivity contribution in [1.29, 1.82) is 0 Å². The standard InChI is InChI=1S/C27H25ClFN5O9/c1-42-17(19(35)20(29)34-12-31-18-21(30)32-26(28)33-22(18)34)11-43-27(24(38)39,25(40)41)10-13-2-4-14(5-3-13)15-6-8-16(9-7-15)23(36)37/h2-9,12,17,19-20,35H,10-11H2,1H3,(H,36,37)(H,38,39)(H,40,41)(H2,30,32,33)/t17-,19-,20-/m1/s1. The molecule has 0 aliphatic heterocycles. The molecule has 4 aromatic rings. The minimum atomic E-state index is -2.83. The number of alkyl halides is 1. The van der Waals surface area contributed by atoms with Crippen molar-refractivity contribution in [3.63, 3.8) is 0 Å². The number of methoxy groups -OCH3 is 1. The molecule has 0 saturated heterocycles. The zero-order chi connectivity index (χ0) is 31.5. The Balaban J connectivity index is 1.53. The van der Waals surface area contributed by atoms with Crippen LogP contribution in [-0.4, -0.2) is 89.4 Å². The van der Waals surface area contributed by atoms with Crippen LogP contribution in [0.3, 0.4) is 0 Å². The number of rotatable bonds is 13. The molecule has 2 heterocycles. The first kappa shape index (κ1) is 31.2. The number of aliphatic hydroxyl groups is 1. The number of nitrogens with two attached hydrogens (primary N) is 1. The molecular weight excluding hydrogens is 593 g/mol. The van der Waals surface area contributed by atoms with E-state index >= 15 is 4.39 Å². The Morgan fingerprint density at radius 3 is 2.14 bits per heavy atom. The number of aliphatic hydroxyl groups excluding tert-OH is 1. The van der Waals surface area contributed by atoms with Crippen molar-refractivity contribution in [3.05, 3.63) is 71.3 Å². The highest BCUT2D eigenvalue weighted by molar-refractivity contribution is 6.28. The first-order chi connectivity index (χ1) is 20.4. The topological polar surface area (TPSA) is 220 Å². The molecule has 3 atom stereocenters. The highest BCUT2D eigenvalue weighted by atomic mass is 35.5. The Kier molecular flexibility index (Phi) is 9.20. The van der Waals surface area contributed by atoms with Gasteiger partial charge in [-0.3, -0.25) is 4.57 Å². The van der Waals surface area contributed by atoms with E-state index in [9.17, 15) is 29.7 Å². The molecule has 4 rings (SSSR count). The second kappa shape index (κ2) is 12.7. The number of hydrogen-bond donors (Lipinski definition) is 5. The fraction of sp³-hybridized carbons (Fsp3) is 0.259. The summed E-state index contributed by atoms with van der Waals surface area (Å²) in [5, 5.41) is 39.4. The van der Waals surface area contributed by atoms with Crippen molar-refractivity contribution in [3.8, 4) is 11.1 Å². The number of carboxylic acid groups (broad SMARTS) is 3. The van der Waals surface area contributed by atoms with Crippen LogP contribution < -0.4 is 5.73 Å². The summed E-state index contributed by atoms with van der Waals surface area (Å²) in [5.41, 5.74) is 4.50. The van der Waals surface area contributed by atoms with E-state index in [0.717, 1.165) is 18.0 Å². The van der Waals surface area contributed by atoms with E-state index in [4.69, 9.17) is 31.9 Å². The van der Waals surface area contributed by atoms with Gasteiger partial charge in [0.25, 0.3) is 5.60 Å². The number of halogens is 2. The maximum Gasteiger partial charge on any atom is 0.348 e. The number of benzene rings is 2.